The summed E-state index contributed by atoms with van der Waals surface area (Å²) in [4.78, 5) is 39.2. The summed E-state index contributed by atoms with van der Waals surface area (Å²) < 4.78 is 1.76. The SMILES string of the molecule is Cc1ccc(NC(=O)C2CCCN(c3nc4c(cnn4C(C)(C)C)c(=O)[nH]3)C2)nc1. The van der Waals surface area contributed by atoms with Crippen LogP contribution in [-0.2, 0) is 10.3 Å². The highest BCUT2D eigenvalue weighted by atomic mass is 16.2. The molecule has 1 aliphatic heterocycles. The van der Waals surface area contributed by atoms with E-state index in [2.05, 4.69) is 20.4 Å². The second kappa shape index (κ2) is 7.55. The Hall–Kier alpha value is -3.23. The van der Waals surface area contributed by atoms with E-state index in [4.69, 9.17) is 4.98 Å². The molecule has 1 aliphatic rings. The predicted octanol–water partition coefficient (Wildman–Crippen LogP) is 2.43. The maximum atomic E-state index is 12.8. The topological polar surface area (TPSA) is 109 Å². The summed E-state index contributed by atoms with van der Waals surface area (Å²) in [6.07, 6.45) is 4.89. The third kappa shape index (κ3) is 3.92. The highest BCUT2D eigenvalue weighted by molar-refractivity contribution is 5.92. The summed E-state index contributed by atoms with van der Waals surface area (Å²) >= 11 is 0. The summed E-state index contributed by atoms with van der Waals surface area (Å²) in [5.74, 6) is 0.740. The standard InChI is InChI=1S/C21H27N7O2/c1-13-7-8-16(22-10-13)24-18(29)14-6-5-9-27(12-14)20-25-17-15(19(30)26-20)11-23-28(17)21(2,3)4/h7-8,10-11,14H,5-6,9,12H2,1-4H3,(H,22,24,29)(H,25,26,30). The fourth-order valence-electron chi connectivity index (χ4n) is 3.70. The Balaban J connectivity index is 1.57. The van der Waals surface area contributed by atoms with Gasteiger partial charge in [0, 0.05) is 19.3 Å². The fourth-order valence-corrected chi connectivity index (χ4v) is 3.70. The van der Waals surface area contributed by atoms with Gasteiger partial charge in [0.25, 0.3) is 5.56 Å². The summed E-state index contributed by atoms with van der Waals surface area (Å²) in [7, 11) is 0. The van der Waals surface area contributed by atoms with Crippen molar-refractivity contribution >= 4 is 28.7 Å². The number of carbonyl (C=O) groups is 1. The van der Waals surface area contributed by atoms with Gasteiger partial charge >= 0.3 is 0 Å². The van der Waals surface area contributed by atoms with Crippen molar-refractivity contribution in [2.24, 2.45) is 5.92 Å². The molecule has 1 amide bonds. The van der Waals surface area contributed by atoms with Gasteiger partial charge in [-0.2, -0.15) is 10.1 Å². The van der Waals surface area contributed by atoms with Gasteiger partial charge < -0.3 is 10.2 Å². The third-order valence-electron chi connectivity index (χ3n) is 5.32. The molecule has 2 N–H and O–H groups in total. The van der Waals surface area contributed by atoms with E-state index in [1.54, 1.807) is 23.1 Å². The number of H-pyrrole nitrogens is 1. The van der Waals surface area contributed by atoms with Crippen molar-refractivity contribution in [2.45, 2.75) is 46.1 Å². The van der Waals surface area contributed by atoms with Crippen LogP contribution in [0.25, 0.3) is 11.0 Å². The molecule has 3 aromatic rings. The van der Waals surface area contributed by atoms with Crippen molar-refractivity contribution in [1.82, 2.24) is 24.7 Å². The van der Waals surface area contributed by atoms with Crippen molar-refractivity contribution in [3.63, 3.8) is 0 Å². The normalized spacial score (nSPS) is 17.3. The molecule has 4 heterocycles. The molecule has 158 valence electrons. The number of pyridine rings is 1. The van der Waals surface area contributed by atoms with Crippen LogP contribution in [0, 0.1) is 12.8 Å². The van der Waals surface area contributed by atoms with Crippen LogP contribution >= 0.6 is 0 Å². The number of nitrogens with zero attached hydrogens (tertiary/aromatic N) is 5. The third-order valence-corrected chi connectivity index (χ3v) is 5.32. The van der Waals surface area contributed by atoms with Crippen LogP contribution in [0.5, 0.6) is 0 Å². The van der Waals surface area contributed by atoms with Gasteiger partial charge in [-0.1, -0.05) is 6.07 Å². The minimum atomic E-state index is -0.300. The van der Waals surface area contributed by atoms with Crippen LogP contribution in [0.15, 0.2) is 29.3 Å². The molecule has 0 aromatic carbocycles. The Morgan fingerprint density at radius 3 is 2.77 bits per heavy atom. The fraction of sp³-hybridized carbons (Fsp3) is 0.476. The Morgan fingerprint density at radius 2 is 2.07 bits per heavy atom. The van der Waals surface area contributed by atoms with E-state index in [1.165, 1.54) is 0 Å². The molecule has 9 nitrogen and oxygen atoms in total. The first-order chi connectivity index (χ1) is 14.2. The van der Waals surface area contributed by atoms with Gasteiger partial charge in [0.2, 0.25) is 11.9 Å². The molecule has 0 saturated carbocycles. The number of anilines is 2. The Kier molecular flexibility index (Phi) is 5.05. The molecular weight excluding hydrogens is 382 g/mol. The average Bonchev–Trinajstić information content (AvgIpc) is 3.15. The zero-order valence-corrected chi connectivity index (χ0v) is 17.8. The first-order valence-electron chi connectivity index (χ1n) is 10.2. The molecule has 0 aliphatic carbocycles. The molecular formula is C21H27N7O2. The molecule has 1 fully saturated rings. The van der Waals surface area contributed by atoms with Crippen LogP contribution in [0.1, 0.15) is 39.2 Å². The Labute approximate surface area is 174 Å². The van der Waals surface area contributed by atoms with Gasteiger partial charge in [-0.25, -0.2) is 9.67 Å². The first-order valence-corrected chi connectivity index (χ1v) is 10.2. The number of nitrogens with one attached hydrogen (secondary N) is 2. The Bertz CT molecular complexity index is 1120. The predicted molar refractivity (Wildman–Crippen MR) is 116 cm³/mol. The largest absolute Gasteiger partial charge is 0.341 e. The first kappa shape index (κ1) is 20.1. The maximum absolute atomic E-state index is 12.8. The van der Waals surface area contributed by atoms with Crippen LogP contribution in [0.3, 0.4) is 0 Å². The number of carbonyl (C=O) groups excluding carboxylic acids is 1. The number of fused-ring (bicyclic) bond motifs is 1. The number of hydrogen-bond acceptors (Lipinski definition) is 6. The molecule has 0 radical (unpaired) electrons. The number of amides is 1. The molecule has 30 heavy (non-hydrogen) atoms. The van der Waals surface area contributed by atoms with Crippen molar-refractivity contribution in [3.05, 3.63) is 40.4 Å². The van der Waals surface area contributed by atoms with E-state index in [-0.39, 0.29) is 22.9 Å². The van der Waals surface area contributed by atoms with E-state index >= 15 is 0 Å². The van der Waals surface area contributed by atoms with Crippen molar-refractivity contribution in [3.8, 4) is 0 Å². The van der Waals surface area contributed by atoms with E-state index in [1.807, 2.05) is 38.7 Å². The number of rotatable bonds is 3. The monoisotopic (exact) mass is 409 g/mol. The van der Waals surface area contributed by atoms with Gasteiger partial charge in [-0.15, -0.1) is 0 Å². The lowest BCUT2D eigenvalue weighted by molar-refractivity contribution is -0.120. The highest BCUT2D eigenvalue weighted by Gasteiger charge is 2.28. The minimum Gasteiger partial charge on any atom is -0.341 e. The molecule has 1 unspecified atom stereocenters. The molecule has 9 heteroatoms. The number of hydrogen-bond donors (Lipinski definition) is 2. The van der Waals surface area contributed by atoms with Crippen molar-refractivity contribution in [1.29, 1.82) is 0 Å². The van der Waals surface area contributed by atoms with Crippen LogP contribution in [0.4, 0.5) is 11.8 Å². The van der Waals surface area contributed by atoms with E-state index < -0.39 is 0 Å². The molecule has 3 aromatic heterocycles. The molecule has 4 rings (SSSR count). The number of aromatic nitrogens is 5. The summed E-state index contributed by atoms with van der Waals surface area (Å²) in [5.41, 5.74) is 1.07. The lowest BCUT2D eigenvalue weighted by atomic mass is 9.97. The van der Waals surface area contributed by atoms with E-state index in [0.29, 0.717) is 29.3 Å². The number of aryl methyl sites for hydroxylation is 1. The van der Waals surface area contributed by atoms with Gasteiger partial charge in [0.1, 0.15) is 11.2 Å². The second-order valence-corrected chi connectivity index (χ2v) is 8.85. The van der Waals surface area contributed by atoms with Gasteiger partial charge in [-0.05, 0) is 52.2 Å². The van der Waals surface area contributed by atoms with Crippen LogP contribution in [-0.4, -0.2) is 43.7 Å². The maximum Gasteiger partial charge on any atom is 0.263 e. The van der Waals surface area contributed by atoms with Gasteiger partial charge in [0.15, 0.2) is 5.65 Å². The zero-order valence-electron chi connectivity index (χ0n) is 17.8. The zero-order chi connectivity index (χ0) is 21.5. The molecule has 0 bridgehead atoms. The Morgan fingerprint density at radius 1 is 1.27 bits per heavy atom. The lowest BCUT2D eigenvalue weighted by Gasteiger charge is -2.32. The molecule has 1 saturated heterocycles. The summed E-state index contributed by atoms with van der Waals surface area (Å²) in [6, 6.07) is 3.71. The van der Waals surface area contributed by atoms with E-state index in [0.717, 1.165) is 24.9 Å². The number of aromatic amines is 1. The molecule has 0 spiro atoms. The summed E-state index contributed by atoms with van der Waals surface area (Å²) in [6.45, 7) is 9.21. The number of piperidine rings is 1. The lowest BCUT2D eigenvalue weighted by Crippen LogP contribution is -2.42. The molecule has 1 atom stereocenters. The second-order valence-electron chi connectivity index (χ2n) is 8.85. The van der Waals surface area contributed by atoms with Crippen molar-refractivity contribution < 1.29 is 4.79 Å². The summed E-state index contributed by atoms with van der Waals surface area (Å²) in [5, 5.41) is 7.71. The highest BCUT2D eigenvalue weighted by Crippen LogP contribution is 2.24. The van der Waals surface area contributed by atoms with Crippen LogP contribution in [0.2, 0.25) is 0 Å². The van der Waals surface area contributed by atoms with Gasteiger partial charge in [0.05, 0.1) is 17.7 Å². The smallest absolute Gasteiger partial charge is 0.263 e. The quantitative estimate of drug-likeness (QED) is 0.688. The van der Waals surface area contributed by atoms with E-state index in [9.17, 15) is 9.59 Å². The average molecular weight is 409 g/mol. The minimum absolute atomic E-state index is 0.0702. The van der Waals surface area contributed by atoms with Gasteiger partial charge in [-0.3, -0.25) is 14.6 Å². The van der Waals surface area contributed by atoms with Crippen molar-refractivity contribution in [2.75, 3.05) is 23.3 Å². The van der Waals surface area contributed by atoms with Crippen LogP contribution < -0.4 is 15.8 Å².